The van der Waals surface area contributed by atoms with Gasteiger partial charge in [0.1, 0.15) is 18.9 Å². The van der Waals surface area contributed by atoms with Crippen molar-refractivity contribution in [3.8, 4) is 5.75 Å². The lowest BCUT2D eigenvalue weighted by molar-refractivity contribution is -0.143. The van der Waals surface area contributed by atoms with E-state index in [1.54, 1.807) is 31.4 Å². The smallest absolute Gasteiger partial charge is 0.325 e. The van der Waals surface area contributed by atoms with E-state index in [4.69, 9.17) is 21.1 Å². The SMILES string of the molecule is COc1ccc(C(=O)NCC(=O)OCc2sc3ccccc3c2Cl)cc1. The quantitative estimate of drug-likeness (QED) is 0.646. The molecule has 0 spiro atoms. The van der Waals surface area contributed by atoms with Crippen LogP contribution in [0.3, 0.4) is 0 Å². The number of amides is 1. The van der Waals surface area contributed by atoms with Crippen molar-refractivity contribution in [2.24, 2.45) is 0 Å². The van der Waals surface area contributed by atoms with Crippen LogP contribution in [-0.2, 0) is 16.1 Å². The lowest BCUT2D eigenvalue weighted by Crippen LogP contribution is -2.30. The van der Waals surface area contributed by atoms with Gasteiger partial charge in [-0.25, -0.2) is 0 Å². The number of esters is 1. The average Bonchev–Trinajstić information content (AvgIpc) is 3.00. The summed E-state index contributed by atoms with van der Waals surface area (Å²) < 4.78 is 11.3. The molecule has 0 atom stereocenters. The molecule has 1 amide bonds. The molecule has 0 radical (unpaired) electrons. The van der Waals surface area contributed by atoms with E-state index in [9.17, 15) is 9.59 Å². The normalized spacial score (nSPS) is 10.5. The third kappa shape index (κ3) is 4.15. The van der Waals surface area contributed by atoms with Crippen LogP contribution in [0.25, 0.3) is 10.1 Å². The van der Waals surface area contributed by atoms with Gasteiger partial charge in [0, 0.05) is 15.6 Å². The Balaban J connectivity index is 1.52. The summed E-state index contributed by atoms with van der Waals surface area (Å²) in [6.45, 7) is -0.136. The molecule has 0 bridgehead atoms. The predicted molar refractivity (Wildman–Crippen MR) is 102 cm³/mol. The Morgan fingerprint density at radius 1 is 1.12 bits per heavy atom. The van der Waals surface area contributed by atoms with Gasteiger partial charge in [0.05, 0.1) is 17.0 Å². The van der Waals surface area contributed by atoms with Gasteiger partial charge in [-0.05, 0) is 30.3 Å². The molecule has 1 N–H and O–H groups in total. The number of fused-ring (bicyclic) bond motifs is 1. The first-order valence-corrected chi connectivity index (χ1v) is 9.01. The predicted octanol–water partition coefficient (Wildman–Crippen LogP) is 4.04. The Morgan fingerprint density at radius 3 is 2.54 bits per heavy atom. The largest absolute Gasteiger partial charge is 0.497 e. The summed E-state index contributed by atoms with van der Waals surface area (Å²) in [5, 5.41) is 4.07. The molecule has 1 aromatic heterocycles. The summed E-state index contributed by atoms with van der Waals surface area (Å²) in [6, 6.07) is 14.3. The fourth-order valence-corrected chi connectivity index (χ4v) is 3.75. The van der Waals surface area contributed by atoms with Gasteiger partial charge in [0.2, 0.25) is 0 Å². The van der Waals surface area contributed by atoms with E-state index >= 15 is 0 Å². The van der Waals surface area contributed by atoms with Crippen molar-refractivity contribution in [3.63, 3.8) is 0 Å². The van der Waals surface area contributed by atoms with Gasteiger partial charge in [0.25, 0.3) is 5.91 Å². The average molecular weight is 390 g/mol. The van der Waals surface area contributed by atoms with Crippen LogP contribution in [0.1, 0.15) is 15.2 Å². The summed E-state index contributed by atoms with van der Waals surface area (Å²) in [5.41, 5.74) is 0.436. The summed E-state index contributed by atoms with van der Waals surface area (Å²) in [7, 11) is 1.55. The number of rotatable bonds is 6. The van der Waals surface area contributed by atoms with Gasteiger partial charge in [0.15, 0.2) is 0 Å². The lowest BCUT2D eigenvalue weighted by Gasteiger charge is -2.07. The fraction of sp³-hybridized carbons (Fsp3) is 0.158. The van der Waals surface area contributed by atoms with Crippen LogP contribution in [0.15, 0.2) is 48.5 Å². The lowest BCUT2D eigenvalue weighted by atomic mass is 10.2. The molecule has 0 aliphatic rings. The molecule has 0 fully saturated rings. The van der Waals surface area contributed by atoms with Crippen LogP contribution in [0.5, 0.6) is 5.75 Å². The number of nitrogens with one attached hydrogen (secondary N) is 1. The van der Waals surface area contributed by atoms with Crippen molar-refractivity contribution < 1.29 is 19.1 Å². The zero-order valence-corrected chi connectivity index (χ0v) is 15.5. The van der Waals surface area contributed by atoms with Gasteiger partial charge in [-0.3, -0.25) is 9.59 Å². The third-order valence-electron chi connectivity index (χ3n) is 3.71. The molecule has 0 saturated heterocycles. The highest BCUT2D eigenvalue weighted by molar-refractivity contribution is 7.19. The van der Waals surface area contributed by atoms with Crippen molar-refractivity contribution in [3.05, 3.63) is 64.0 Å². The van der Waals surface area contributed by atoms with Crippen molar-refractivity contribution >= 4 is 44.9 Å². The van der Waals surface area contributed by atoms with Crippen molar-refractivity contribution in [2.75, 3.05) is 13.7 Å². The zero-order valence-electron chi connectivity index (χ0n) is 14.0. The van der Waals surface area contributed by atoms with Crippen molar-refractivity contribution in [1.82, 2.24) is 5.32 Å². The van der Waals surface area contributed by atoms with Crippen LogP contribution in [-0.4, -0.2) is 25.5 Å². The van der Waals surface area contributed by atoms with Gasteiger partial charge in [-0.2, -0.15) is 0 Å². The molecule has 0 aliphatic carbocycles. The Hall–Kier alpha value is -2.57. The molecule has 3 aromatic rings. The maximum atomic E-state index is 12.0. The minimum Gasteiger partial charge on any atom is -0.497 e. The second-order valence-corrected chi connectivity index (χ2v) is 6.92. The number of hydrogen-bond acceptors (Lipinski definition) is 5. The molecule has 3 rings (SSSR count). The summed E-state index contributed by atoms with van der Waals surface area (Å²) in [5.74, 6) is -0.231. The van der Waals surface area contributed by atoms with Crippen molar-refractivity contribution in [1.29, 1.82) is 0 Å². The number of carbonyl (C=O) groups is 2. The van der Waals surface area contributed by atoms with Crippen LogP contribution < -0.4 is 10.1 Å². The number of halogens is 1. The molecule has 134 valence electrons. The molecule has 1 heterocycles. The Kier molecular flexibility index (Phi) is 5.75. The first-order valence-electron chi connectivity index (χ1n) is 7.82. The van der Waals surface area contributed by atoms with E-state index in [1.807, 2.05) is 24.3 Å². The molecule has 0 aliphatic heterocycles. The summed E-state index contributed by atoms with van der Waals surface area (Å²) in [4.78, 5) is 24.7. The van der Waals surface area contributed by atoms with E-state index in [0.717, 1.165) is 15.0 Å². The Labute approximate surface area is 159 Å². The van der Waals surface area contributed by atoms with Gasteiger partial charge in [-0.1, -0.05) is 29.8 Å². The molecular weight excluding hydrogens is 374 g/mol. The minimum atomic E-state index is -0.527. The van der Waals surface area contributed by atoms with E-state index < -0.39 is 5.97 Å². The Morgan fingerprint density at radius 2 is 1.85 bits per heavy atom. The van der Waals surface area contributed by atoms with Gasteiger partial charge < -0.3 is 14.8 Å². The van der Waals surface area contributed by atoms with Crippen LogP contribution >= 0.6 is 22.9 Å². The molecule has 0 saturated carbocycles. The van der Waals surface area contributed by atoms with E-state index in [2.05, 4.69) is 5.32 Å². The fourth-order valence-electron chi connectivity index (χ4n) is 2.35. The number of benzene rings is 2. The number of carbonyl (C=O) groups excluding carboxylic acids is 2. The number of methoxy groups -OCH3 is 1. The molecule has 7 heteroatoms. The summed E-state index contributed by atoms with van der Waals surface area (Å²) in [6.07, 6.45) is 0. The van der Waals surface area contributed by atoms with Crippen LogP contribution in [0, 0.1) is 0 Å². The second-order valence-electron chi connectivity index (χ2n) is 5.41. The summed E-state index contributed by atoms with van der Waals surface area (Å²) >= 11 is 7.79. The standard InChI is InChI=1S/C19H16ClNO4S/c1-24-13-8-6-12(7-9-13)19(23)21-10-17(22)25-11-16-18(20)14-4-2-3-5-15(14)26-16/h2-9H,10-11H2,1H3,(H,21,23). The highest BCUT2D eigenvalue weighted by Crippen LogP contribution is 2.35. The van der Waals surface area contributed by atoms with E-state index in [-0.39, 0.29) is 19.1 Å². The monoisotopic (exact) mass is 389 g/mol. The number of thiophene rings is 1. The van der Waals surface area contributed by atoms with Crippen LogP contribution in [0.2, 0.25) is 5.02 Å². The van der Waals surface area contributed by atoms with Gasteiger partial charge in [-0.15, -0.1) is 11.3 Å². The van der Waals surface area contributed by atoms with Crippen LogP contribution in [0.4, 0.5) is 0 Å². The first-order chi connectivity index (χ1) is 12.6. The highest BCUT2D eigenvalue weighted by atomic mass is 35.5. The topological polar surface area (TPSA) is 64.6 Å². The third-order valence-corrected chi connectivity index (χ3v) is 5.40. The second kappa shape index (κ2) is 8.21. The highest BCUT2D eigenvalue weighted by Gasteiger charge is 2.13. The molecule has 5 nitrogen and oxygen atoms in total. The number of ether oxygens (including phenoxy) is 2. The maximum absolute atomic E-state index is 12.0. The van der Waals surface area contributed by atoms with E-state index in [0.29, 0.717) is 16.3 Å². The minimum absolute atomic E-state index is 0.0788. The maximum Gasteiger partial charge on any atom is 0.325 e. The number of hydrogen-bond donors (Lipinski definition) is 1. The van der Waals surface area contributed by atoms with Gasteiger partial charge >= 0.3 is 5.97 Å². The molecule has 0 unspecified atom stereocenters. The van der Waals surface area contributed by atoms with Crippen molar-refractivity contribution in [2.45, 2.75) is 6.61 Å². The molecular formula is C19H16ClNO4S. The molecule has 2 aromatic carbocycles. The Bertz CT molecular complexity index is 936. The van der Waals surface area contributed by atoms with E-state index in [1.165, 1.54) is 11.3 Å². The zero-order chi connectivity index (χ0) is 18.5. The first kappa shape index (κ1) is 18.2. The molecule has 26 heavy (non-hydrogen) atoms.